The number of halogens is 1. The SMILES string of the molecule is [CH2]c1cnc(Br)nc1. The van der Waals surface area contributed by atoms with Crippen molar-refractivity contribution in [3.8, 4) is 0 Å². The van der Waals surface area contributed by atoms with Crippen LogP contribution in [0.15, 0.2) is 17.1 Å². The van der Waals surface area contributed by atoms with Crippen molar-refractivity contribution in [1.82, 2.24) is 9.97 Å². The van der Waals surface area contributed by atoms with E-state index in [1.54, 1.807) is 12.4 Å². The second kappa shape index (κ2) is 2.22. The maximum absolute atomic E-state index is 3.82. The molecule has 0 aromatic carbocycles. The van der Waals surface area contributed by atoms with Gasteiger partial charge in [0.2, 0.25) is 0 Å². The van der Waals surface area contributed by atoms with Gasteiger partial charge in [0.1, 0.15) is 0 Å². The van der Waals surface area contributed by atoms with Crippen molar-refractivity contribution in [3.05, 3.63) is 29.6 Å². The first-order chi connectivity index (χ1) is 3.79. The highest BCUT2D eigenvalue weighted by atomic mass is 79.9. The van der Waals surface area contributed by atoms with Gasteiger partial charge in [-0.1, -0.05) is 0 Å². The molecule has 1 aromatic rings. The quantitative estimate of drug-likeness (QED) is 0.553. The lowest BCUT2D eigenvalue weighted by molar-refractivity contribution is 1.10. The van der Waals surface area contributed by atoms with Crippen molar-refractivity contribution in [2.24, 2.45) is 0 Å². The van der Waals surface area contributed by atoms with Crippen LogP contribution in [-0.4, -0.2) is 9.97 Å². The maximum Gasteiger partial charge on any atom is 0.196 e. The zero-order chi connectivity index (χ0) is 5.98. The Morgan fingerprint density at radius 1 is 1.38 bits per heavy atom. The summed E-state index contributed by atoms with van der Waals surface area (Å²) < 4.78 is 0.602. The van der Waals surface area contributed by atoms with E-state index in [1.165, 1.54) is 0 Å². The molecule has 8 heavy (non-hydrogen) atoms. The Labute approximate surface area is 56.1 Å². The molecule has 0 aliphatic rings. The molecule has 1 radical (unpaired) electrons. The summed E-state index contributed by atoms with van der Waals surface area (Å²) in [5.41, 5.74) is 0.827. The van der Waals surface area contributed by atoms with Gasteiger partial charge in [-0.2, -0.15) is 0 Å². The van der Waals surface area contributed by atoms with Crippen molar-refractivity contribution in [2.75, 3.05) is 0 Å². The molecule has 41 valence electrons. The smallest absolute Gasteiger partial charge is 0.196 e. The molecule has 0 fully saturated rings. The Bertz CT molecular complexity index is 149. The molecule has 0 saturated heterocycles. The molecule has 0 bridgehead atoms. The second-order valence-corrected chi connectivity index (χ2v) is 2.07. The summed E-state index contributed by atoms with van der Waals surface area (Å²) >= 11 is 3.10. The summed E-state index contributed by atoms with van der Waals surface area (Å²) in [5, 5.41) is 0. The zero-order valence-corrected chi connectivity index (χ0v) is 5.72. The van der Waals surface area contributed by atoms with E-state index >= 15 is 0 Å². The van der Waals surface area contributed by atoms with Crippen LogP contribution in [0.4, 0.5) is 0 Å². The lowest BCUT2D eigenvalue weighted by Gasteiger charge is -1.86. The summed E-state index contributed by atoms with van der Waals surface area (Å²) in [6, 6.07) is 0. The zero-order valence-electron chi connectivity index (χ0n) is 4.13. The molecule has 2 nitrogen and oxygen atoms in total. The Balaban J connectivity index is 3.03. The van der Waals surface area contributed by atoms with E-state index in [2.05, 4.69) is 32.8 Å². The van der Waals surface area contributed by atoms with Gasteiger partial charge in [0, 0.05) is 12.4 Å². The van der Waals surface area contributed by atoms with Crippen LogP contribution in [0.25, 0.3) is 0 Å². The van der Waals surface area contributed by atoms with Crippen LogP contribution in [0.5, 0.6) is 0 Å². The van der Waals surface area contributed by atoms with Crippen LogP contribution >= 0.6 is 15.9 Å². The van der Waals surface area contributed by atoms with Crippen LogP contribution in [-0.2, 0) is 0 Å². The van der Waals surface area contributed by atoms with Crippen molar-refractivity contribution in [1.29, 1.82) is 0 Å². The van der Waals surface area contributed by atoms with Gasteiger partial charge < -0.3 is 0 Å². The molecule has 0 N–H and O–H groups in total. The predicted molar refractivity (Wildman–Crippen MR) is 34.2 cm³/mol. The van der Waals surface area contributed by atoms with Gasteiger partial charge in [-0.25, -0.2) is 9.97 Å². The van der Waals surface area contributed by atoms with Gasteiger partial charge in [-0.15, -0.1) is 0 Å². The lowest BCUT2D eigenvalue weighted by atomic mass is 10.4. The third kappa shape index (κ3) is 1.26. The Morgan fingerprint density at radius 3 is 2.25 bits per heavy atom. The second-order valence-electron chi connectivity index (χ2n) is 1.36. The maximum atomic E-state index is 3.82. The van der Waals surface area contributed by atoms with E-state index < -0.39 is 0 Å². The standard InChI is InChI=1S/C5H4BrN2/c1-4-2-7-5(6)8-3-4/h2-3H,1H2. The summed E-state index contributed by atoms with van der Waals surface area (Å²) in [6.07, 6.45) is 3.30. The van der Waals surface area contributed by atoms with Crippen molar-refractivity contribution in [3.63, 3.8) is 0 Å². The number of nitrogens with zero attached hydrogens (tertiary/aromatic N) is 2. The molecule has 0 spiro atoms. The van der Waals surface area contributed by atoms with E-state index in [4.69, 9.17) is 0 Å². The molecule has 0 unspecified atom stereocenters. The van der Waals surface area contributed by atoms with Gasteiger partial charge in [-0.05, 0) is 28.4 Å². The third-order valence-corrected chi connectivity index (χ3v) is 1.08. The molecule has 1 aromatic heterocycles. The van der Waals surface area contributed by atoms with Gasteiger partial charge in [0.25, 0.3) is 0 Å². The number of rotatable bonds is 0. The highest BCUT2D eigenvalue weighted by molar-refractivity contribution is 9.10. The van der Waals surface area contributed by atoms with Gasteiger partial charge >= 0.3 is 0 Å². The fourth-order valence-electron chi connectivity index (χ4n) is 0.339. The third-order valence-electron chi connectivity index (χ3n) is 0.674. The molecular formula is C5H4BrN2. The minimum absolute atomic E-state index is 0.602. The van der Waals surface area contributed by atoms with Gasteiger partial charge in [0.05, 0.1) is 0 Å². The minimum atomic E-state index is 0.602. The van der Waals surface area contributed by atoms with E-state index in [1.807, 2.05) is 0 Å². The van der Waals surface area contributed by atoms with Crippen LogP contribution < -0.4 is 0 Å². The van der Waals surface area contributed by atoms with E-state index in [0.717, 1.165) is 5.56 Å². The van der Waals surface area contributed by atoms with Gasteiger partial charge in [0.15, 0.2) is 4.73 Å². The van der Waals surface area contributed by atoms with Gasteiger partial charge in [-0.3, -0.25) is 0 Å². The topological polar surface area (TPSA) is 25.8 Å². The van der Waals surface area contributed by atoms with E-state index in [0.29, 0.717) is 4.73 Å². The molecule has 0 saturated carbocycles. The Morgan fingerprint density at radius 2 is 1.88 bits per heavy atom. The Hall–Kier alpha value is -0.440. The molecular weight excluding hydrogens is 168 g/mol. The predicted octanol–water partition coefficient (Wildman–Crippen LogP) is 1.42. The number of aromatic nitrogens is 2. The summed E-state index contributed by atoms with van der Waals surface area (Å²) in [6.45, 7) is 3.62. The Kier molecular flexibility index (Phi) is 1.58. The van der Waals surface area contributed by atoms with Crippen molar-refractivity contribution < 1.29 is 0 Å². The van der Waals surface area contributed by atoms with Crippen molar-refractivity contribution in [2.45, 2.75) is 0 Å². The molecule has 0 atom stereocenters. The molecule has 1 heterocycles. The van der Waals surface area contributed by atoms with Crippen LogP contribution in [0.2, 0.25) is 0 Å². The molecule has 0 aliphatic heterocycles. The summed E-state index contributed by atoms with van der Waals surface area (Å²) in [4.78, 5) is 7.64. The fraction of sp³-hybridized carbons (Fsp3) is 0. The average Bonchev–Trinajstić information content (AvgIpc) is 1.77. The monoisotopic (exact) mass is 171 g/mol. The van der Waals surface area contributed by atoms with E-state index in [9.17, 15) is 0 Å². The molecule has 0 aliphatic carbocycles. The number of hydrogen-bond donors (Lipinski definition) is 0. The number of hydrogen-bond acceptors (Lipinski definition) is 2. The molecule has 0 amide bonds. The average molecular weight is 172 g/mol. The summed E-state index contributed by atoms with van der Waals surface area (Å²) in [5.74, 6) is 0. The largest absolute Gasteiger partial charge is 0.230 e. The fourth-order valence-corrected chi connectivity index (χ4v) is 0.544. The highest BCUT2D eigenvalue weighted by Crippen LogP contribution is 1.98. The van der Waals surface area contributed by atoms with Crippen LogP contribution in [0.1, 0.15) is 5.56 Å². The minimum Gasteiger partial charge on any atom is -0.230 e. The first-order valence-corrected chi connectivity index (χ1v) is 2.88. The first-order valence-electron chi connectivity index (χ1n) is 2.08. The van der Waals surface area contributed by atoms with Crippen LogP contribution in [0, 0.1) is 6.92 Å². The molecule has 3 heteroatoms. The summed E-state index contributed by atoms with van der Waals surface area (Å²) in [7, 11) is 0. The first kappa shape index (κ1) is 5.69. The van der Waals surface area contributed by atoms with Crippen molar-refractivity contribution >= 4 is 15.9 Å². The van der Waals surface area contributed by atoms with E-state index in [-0.39, 0.29) is 0 Å². The molecule has 1 rings (SSSR count). The van der Waals surface area contributed by atoms with Crippen LogP contribution in [0.3, 0.4) is 0 Å². The lowest BCUT2D eigenvalue weighted by Crippen LogP contribution is -1.80. The highest BCUT2D eigenvalue weighted by Gasteiger charge is 1.84. The normalized spacial score (nSPS) is 9.25.